The van der Waals surface area contributed by atoms with Gasteiger partial charge in [-0.1, -0.05) is 12.1 Å². The molecule has 1 aliphatic heterocycles. The number of anilines is 3. The number of fused-ring (bicyclic) bond motifs is 3. The lowest BCUT2D eigenvalue weighted by atomic mass is 10.1. The maximum absolute atomic E-state index is 4.70. The van der Waals surface area contributed by atoms with Crippen molar-refractivity contribution < 1.29 is 0 Å². The van der Waals surface area contributed by atoms with Gasteiger partial charge < -0.3 is 10.2 Å². The van der Waals surface area contributed by atoms with Crippen molar-refractivity contribution >= 4 is 33.9 Å². The van der Waals surface area contributed by atoms with E-state index in [-0.39, 0.29) is 0 Å². The van der Waals surface area contributed by atoms with E-state index in [9.17, 15) is 0 Å². The zero-order valence-electron chi connectivity index (χ0n) is 14.3. The molecule has 5 rings (SSSR count). The first-order valence-electron chi connectivity index (χ1n) is 8.97. The van der Waals surface area contributed by atoms with Gasteiger partial charge in [-0.15, -0.1) is 5.10 Å². The van der Waals surface area contributed by atoms with Crippen LogP contribution in [0.5, 0.6) is 0 Å². The lowest BCUT2D eigenvalue weighted by molar-refractivity contribution is 0.578. The van der Waals surface area contributed by atoms with Gasteiger partial charge in [-0.2, -0.15) is 4.52 Å². The Kier molecular flexibility index (Phi) is 3.62. The Morgan fingerprint density at radius 1 is 0.885 bits per heavy atom. The van der Waals surface area contributed by atoms with Gasteiger partial charge in [-0.25, -0.2) is 4.98 Å². The second-order valence-electron chi connectivity index (χ2n) is 6.58. The Bertz CT molecular complexity index is 1050. The monoisotopic (exact) mass is 345 g/mol. The second kappa shape index (κ2) is 6.25. The smallest absolute Gasteiger partial charge is 0.222 e. The normalized spacial score (nSPS) is 14.8. The number of hydrogen-bond acceptors (Lipinski definition) is 6. The number of para-hydroxylation sites is 2. The summed E-state index contributed by atoms with van der Waals surface area (Å²) in [6.45, 7) is 2.29. The predicted octanol–water partition coefficient (Wildman–Crippen LogP) is 3.41. The van der Waals surface area contributed by atoms with Crippen LogP contribution in [-0.2, 0) is 0 Å². The number of nitrogens with zero attached hydrogens (tertiary/aromatic N) is 6. The summed E-state index contributed by atoms with van der Waals surface area (Å²) in [7, 11) is 0. The fourth-order valence-electron chi connectivity index (χ4n) is 3.53. The van der Waals surface area contributed by atoms with Crippen LogP contribution in [0, 0.1) is 0 Å². The molecule has 7 nitrogen and oxygen atoms in total. The Labute approximate surface area is 150 Å². The average molecular weight is 345 g/mol. The van der Waals surface area contributed by atoms with Crippen molar-refractivity contribution in [2.75, 3.05) is 23.3 Å². The molecule has 7 heteroatoms. The predicted molar refractivity (Wildman–Crippen MR) is 102 cm³/mol. The number of tetrazole rings is 1. The fourth-order valence-corrected chi connectivity index (χ4v) is 3.53. The van der Waals surface area contributed by atoms with E-state index in [2.05, 4.69) is 50.0 Å². The second-order valence-corrected chi connectivity index (χ2v) is 6.58. The van der Waals surface area contributed by atoms with E-state index in [0.717, 1.165) is 29.8 Å². The molecule has 1 fully saturated rings. The lowest BCUT2D eigenvalue weighted by Crippen LogP contribution is -2.29. The minimum Gasteiger partial charge on any atom is -0.372 e. The van der Waals surface area contributed by atoms with Crippen molar-refractivity contribution in [2.24, 2.45) is 0 Å². The molecule has 1 N–H and O–H groups in total. The molecule has 0 bridgehead atoms. The van der Waals surface area contributed by atoms with Crippen LogP contribution in [0.25, 0.3) is 16.7 Å². The third-order valence-corrected chi connectivity index (χ3v) is 4.87. The van der Waals surface area contributed by atoms with E-state index in [1.807, 2.05) is 24.3 Å². The van der Waals surface area contributed by atoms with Crippen LogP contribution in [0.2, 0.25) is 0 Å². The summed E-state index contributed by atoms with van der Waals surface area (Å²) in [6.07, 6.45) is 3.89. The van der Waals surface area contributed by atoms with E-state index >= 15 is 0 Å². The van der Waals surface area contributed by atoms with Crippen molar-refractivity contribution in [1.29, 1.82) is 0 Å². The Hall–Kier alpha value is -3.22. The van der Waals surface area contributed by atoms with Gasteiger partial charge in [0.15, 0.2) is 5.82 Å². The topological polar surface area (TPSA) is 71.2 Å². The highest BCUT2D eigenvalue weighted by Gasteiger charge is 2.13. The molecule has 130 valence electrons. The third-order valence-electron chi connectivity index (χ3n) is 4.87. The van der Waals surface area contributed by atoms with E-state index in [4.69, 9.17) is 4.98 Å². The van der Waals surface area contributed by atoms with Crippen LogP contribution in [-0.4, -0.2) is 38.1 Å². The number of hydrogen-bond donors (Lipinski definition) is 1. The summed E-state index contributed by atoms with van der Waals surface area (Å²) in [5.74, 6) is 0.652. The highest BCUT2D eigenvalue weighted by molar-refractivity contribution is 5.83. The first-order chi connectivity index (χ1) is 12.9. The van der Waals surface area contributed by atoms with Gasteiger partial charge in [0.25, 0.3) is 0 Å². The molecular formula is C19H19N7. The highest BCUT2D eigenvalue weighted by atomic mass is 15.5. The van der Waals surface area contributed by atoms with Crippen LogP contribution in [0.4, 0.5) is 17.2 Å². The fraction of sp³-hybridized carbons (Fsp3) is 0.263. The zero-order valence-corrected chi connectivity index (χ0v) is 14.3. The van der Waals surface area contributed by atoms with Crippen LogP contribution >= 0.6 is 0 Å². The first-order valence-corrected chi connectivity index (χ1v) is 8.97. The first kappa shape index (κ1) is 15.1. The minimum absolute atomic E-state index is 0.615. The number of nitrogens with one attached hydrogen (secondary N) is 1. The van der Waals surface area contributed by atoms with Gasteiger partial charge in [0.2, 0.25) is 5.65 Å². The molecule has 0 atom stereocenters. The molecule has 2 aromatic carbocycles. The molecule has 26 heavy (non-hydrogen) atoms. The summed E-state index contributed by atoms with van der Waals surface area (Å²) in [4.78, 5) is 7.14. The summed E-state index contributed by atoms with van der Waals surface area (Å²) in [5, 5.41) is 15.4. The standard InChI is InChI=1S/C19H19N7/c1-4-12-25(13-5-1)15-10-8-14(9-11-15)20-18-19-22-23-24-26(19)17-7-3-2-6-16(17)21-18/h2-3,6-11H,1,4-5,12-13H2,(H,20,21). The molecule has 0 amide bonds. The van der Waals surface area contributed by atoms with E-state index in [1.165, 1.54) is 24.9 Å². The summed E-state index contributed by atoms with van der Waals surface area (Å²) < 4.78 is 1.72. The average Bonchev–Trinajstić information content (AvgIpc) is 3.20. The number of piperidine rings is 1. The van der Waals surface area contributed by atoms with Crippen LogP contribution in [0.15, 0.2) is 48.5 Å². The van der Waals surface area contributed by atoms with Gasteiger partial charge in [0, 0.05) is 24.5 Å². The van der Waals surface area contributed by atoms with Gasteiger partial charge in [0.1, 0.15) is 0 Å². The van der Waals surface area contributed by atoms with Crippen LogP contribution < -0.4 is 10.2 Å². The Balaban J connectivity index is 1.47. The minimum atomic E-state index is 0.615. The largest absolute Gasteiger partial charge is 0.372 e. The molecular weight excluding hydrogens is 326 g/mol. The number of aromatic nitrogens is 5. The van der Waals surface area contributed by atoms with Crippen molar-refractivity contribution in [2.45, 2.75) is 19.3 Å². The van der Waals surface area contributed by atoms with E-state index in [1.54, 1.807) is 4.52 Å². The van der Waals surface area contributed by atoms with Crippen molar-refractivity contribution in [1.82, 2.24) is 25.0 Å². The van der Waals surface area contributed by atoms with E-state index < -0.39 is 0 Å². The molecule has 0 spiro atoms. The maximum atomic E-state index is 4.70. The highest BCUT2D eigenvalue weighted by Crippen LogP contribution is 2.25. The van der Waals surface area contributed by atoms with Crippen LogP contribution in [0.1, 0.15) is 19.3 Å². The summed E-state index contributed by atoms with van der Waals surface area (Å²) in [6, 6.07) is 16.3. The molecule has 1 saturated heterocycles. The van der Waals surface area contributed by atoms with Crippen molar-refractivity contribution in [3.05, 3.63) is 48.5 Å². The van der Waals surface area contributed by atoms with E-state index in [0.29, 0.717) is 11.5 Å². The van der Waals surface area contributed by atoms with Gasteiger partial charge in [0.05, 0.1) is 11.0 Å². The molecule has 4 aromatic rings. The molecule has 1 aliphatic rings. The molecule has 3 heterocycles. The van der Waals surface area contributed by atoms with Gasteiger partial charge in [-0.3, -0.25) is 0 Å². The molecule has 0 radical (unpaired) electrons. The van der Waals surface area contributed by atoms with Crippen molar-refractivity contribution in [3.8, 4) is 0 Å². The Morgan fingerprint density at radius 3 is 2.54 bits per heavy atom. The van der Waals surface area contributed by atoms with Crippen LogP contribution in [0.3, 0.4) is 0 Å². The molecule has 0 aliphatic carbocycles. The third kappa shape index (κ3) is 2.61. The Morgan fingerprint density at radius 2 is 1.69 bits per heavy atom. The summed E-state index contributed by atoms with van der Waals surface area (Å²) >= 11 is 0. The number of benzene rings is 2. The molecule has 2 aromatic heterocycles. The van der Waals surface area contributed by atoms with Gasteiger partial charge in [-0.05, 0) is 66.1 Å². The number of rotatable bonds is 3. The molecule has 0 saturated carbocycles. The van der Waals surface area contributed by atoms with Gasteiger partial charge >= 0.3 is 0 Å². The summed E-state index contributed by atoms with van der Waals surface area (Å²) in [5.41, 5.74) is 4.59. The molecule has 0 unspecified atom stereocenters. The maximum Gasteiger partial charge on any atom is 0.222 e. The zero-order chi connectivity index (χ0) is 17.3. The quantitative estimate of drug-likeness (QED) is 0.613. The van der Waals surface area contributed by atoms with Crippen molar-refractivity contribution in [3.63, 3.8) is 0 Å². The lowest BCUT2D eigenvalue weighted by Gasteiger charge is -2.28. The SMILES string of the molecule is c1ccc2c(c1)nc(Nc1ccc(N3CCCCC3)cc1)c1nnnn12.